The largest absolute Gasteiger partial charge is 0.416 e. The van der Waals surface area contributed by atoms with E-state index in [1.54, 1.807) is 6.20 Å². The van der Waals surface area contributed by atoms with Gasteiger partial charge in [-0.3, -0.25) is 4.98 Å². The number of aliphatic hydroxyl groups is 1. The Morgan fingerprint density at radius 2 is 1.58 bits per heavy atom. The minimum Gasteiger partial charge on any atom is -0.388 e. The van der Waals surface area contributed by atoms with Crippen LogP contribution >= 0.6 is 0 Å². The van der Waals surface area contributed by atoms with Crippen LogP contribution in [0.3, 0.4) is 0 Å². The first-order valence-electron chi connectivity index (χ1n) is 15.8. The first-order chi connectivity index (χ1) is 21.2. The predicted molar refractivity (Wildman–Crippen MR) is 160 cm³/mol. The van der Waals surface area contributed by atoms with Crippen molar-refractivity contribution in [2.24, 2.45) is 5.41 Å². The molecule has 2 unspecified atom stereocenters. The summed E-state index contributed by atoms with van der Waals surface area (Å²) >= 11 is 0. The van der Waals surface area contributed by atoms with Crippen LogP contribution in [0.2, 0.25) is 0 Å². The van der Waals surface area contributed by atoms with Gasteiger partial charge in [-0.1, -0.05) is 32.0 Å². The predicted octanol–water partition coefficient (Wildman–Crippen LogP) is 9.24. The average molecular weight is 632 g/mol. The highest BCUT2D eigenvalue weighted by Crippen LogP contribution is 2.52. The molecule has 10 heteroatoms. The summed E-state index contributed by atoms with van der Waals surface area (Å²) in [6.07, 6.45) is -3.81. The van der Waals surface area contributed by atoms with Gasteiger partial charge in [0.25, 0.3) is 0 Å². The van der Waals surface area contributed by atoms with Crippen molar-refractivity contribution < 1.29 is 31.4 Å². The van der Waals surface area contributed by atoms with E-state index in [1.165, 1.54) is 0 Å². The Morgan fingerprint density at radius 3 is 2.18 bits per heavy atom. The Bertz CT molecular complexity index is 1490. The van der Waals surface area contributed by atoms with Gasteiger partial charge in [-0.2, -0.15) is 13.2 Å². The quantitative estimate of drug-likeness (QED) is 0.285. The lowest BCUT2D eigenvalue weighted by atomic mass is 9.68. The number of nitrogens with zero attached hydrogens (tertiary/aromatic N) is 3. The van der Waals surface area contributed by atoms with E-state index in [1.807, 2.05) is 32.0 Å². The smallest absolute Gasteiger partial charge is 0.388 e. The van der Waals surface area contributed by atoms with E-state index < -0.39 is 35.9 Å². The third-order valence-corrected chi connectivity index (χ3v) is 9.91. The molecule has 3 aliphatic rings. The summed E-state index contributed by atoms with van der Waals surface area (Å²) in [4.78, 5) is 11.7. The molecule has 0 bridgehead atoms. The van der Waals surface area contributed by atoms with Gasteiger partial charge in [0.2, 0.25) is 5.92 Å². The molecule has 45 heavy (non-hydrogen) atoms. The maximum Gasteiger partial charge on any atom is 0.416 e. The number of pyridine rings is 2. The molecule has 2 aromatic heterocycles. The molecule has 1 saturated heterocycles. The lowest BCUT2D eigenvalue weighted by Crippen LogP contribution is -2.35. The minimum atomic E-state index is -4.57. The van der Waals surface area contributed by atoms with Crippen LogP contribution in [0.25, 0.3) is 0 Å². The van der Waals surface area contributed by atoms with E-state index in [0.717, 1.165) is 30.1 Å². The van der Waals surface area contributed by atoms with Crippen LogP contribution in [-0.2, 0) is 12.6 Å². The molecule has 0 spiro atoms. The van der Waals surface area contributed by atoms with Crippen molar-refractivity contribution in [2.45, 2.75) is 101 Å². The number of rotatable bonds is 5. The second kappa shape index (κ2) is 11.9. The number of benzene rings is 1. The van der Waals surface area contributed by atoms with Gasteiger partial charge in [-0.25, -0.2) is 18.2 Å². The third-order valence-electron chi connectivity index (χ3n) is 9.91. The summed E-state index contributed by atoms with van der Waals surface area (Å²) in [7, 11) is 0. The van der Waals surface area contributed by atoms with Gasteiger partial charge in [0.05, 0.1) is 17.4 Å². The van der Waals surface area contributed by atoms with E-state index in [-0.39, 0.29) is 48.1 Å². The van der Waals surface area contributed by atoms with Crippen molar-refractivity contribution in [1.82, 2.24) is 9.97 Å². The average Bonchev–Trinajstić information content (AvgIpc) is 2.99. The van der Waals surface area contributed by atoms with Gasteiger partial charge in [0, 0.05) is 54.9 Å². The molecule has 0 radical (unpaired) electrons. The van der Waals surface area contributed by atoms with Crippen LogP contribution < -0.4 is 4.90 Å². The summed E-state index contributed by atoms with van der Waals surface area (Å²) < 4.78 is 86.0. The van der Waals surface area contributed by atoms with Crippen LogP contribution in [-0.4, -0.2) is 34.1 Å². The minimum absolute atomic E-state index is 0.0462. The maximum atomic E-state index is 17.1. The molecule has 0 amide bonds. The van der Waals surface area contributed by atoms with E-state index >= 15 is 4.39 Å². The molecule has 2 atom stereocenters. The highest BCUT2D eigenvalue weighted by atomic mass is 19.4. The molecule has 3 aromatic rings. The SMILES string of the molecule is CC1(C)Cc2nc(C3CCN(c4ccccn4)CC3)c(C(F)c3ccc(C(F)(F)F)cc3)c(C3CCC(F)(F)CC3)c2C(O)C1. The number of aromatic nitrogens is 2. The number of halogens is 6. The molecular weight excluding hydrogens is 592 g/mol. The molecule has 6 rings (SSSR count). The lowest BCUT2D eigenvalue weighted by molar-refractivity contribution is -0.137. The van der Waals surface area contributed by atoms with Gasteiger partial charge >= 0.3 is 6.18 Å². The molecule has 2 fully saturated rings. The van der Waals surface area contributed by atoms with Gasteiger partial charge in [-0.05, 0) is 85.3 Å². The zero-order valence-corrected chi connectivity index (χ0v) is 25.6. The number of aliphatic hydroxyl groups excluding tert-OH is 1. The van der Waals surface area contributed by atoms with Crippen LogP contribution in [0, 0.1) is 5.41 Å². The highest BCUT2D eigenvalue weighted by Gasteiger charge is 2.43. The van der Waals surface area contributed by atoms with E-state index in [9.17, 15) is 27.1 Å². The second-order valence-electron chi connectivity index (χ2n) is 13.8. The van der Waals surface area contributed by atoms with E-state index in [2.05, 4.69) is 9.88 Å². The van der Waals surface area contributed by atoms with Crippen LogP contribution in [0.4, 0.5) is 32.2 Å². The van der Waals surface area contributed by atoms with Crippen molar-refractivity contribution in [2.75, 3.05) is 18.0 Å². The number of piperidine rings is 1. The van der Waals surface area contributed by atoms with Gasteiger partial charge in [-0.15, -0.1) is 0 Å². The Morgan fingerprint density at radius 1 is 0.911 bits per heavy atom. The number of fused-ring (bicyclic) bond motifs is 1. The first-order valence-corrected chi connectivity index (χ1v) is 15.8. The molecule has 1 aromatic carbocycles. The standard InChI is InChI=1S/C35H39F6N3O/c1-33(2)19-25-29(26(45)20-33)28(21-10-14-34(37,38)15-11-21)30(31(36)22-6-8-24(9-7-22)35(39,40)41)32(43-25)23-12-17-44(18-13-23)27-5-3-4-16-42-27/h3-9,16,21,23,26,31,45H,10-15,17-20H2,1-2H3. The number of hydrogen-bond donors (Lipinski definition) is 1. The molecule has 2 aliphatic carbocycles. The Balaban J connectivity index is 1.49. The van der Waals surface area contributed by atoms with Crippen molar-refractivity contribution in [1.29, 1.82) is 0 Å². The fraction of sp³-hybridized carbons (Fsp3) is 0.543. The van der Waals surface area contributed by atoms with Crippen molar-refractivity contribution in [3.63, 3.8) is 0 Å². The number of hydrogen-bond acceptors (Lipinski definition) is 4. The topological polar surface area (TPSA) is 49.2 Å². The van der Waals surface area contributed by atoms with E-state index in [0.29, 0.717) is 61.3 Å². The molecule has 1 saturated carbocycles. The summed E-state index contributed by atoms with van der Waals surface area (Å²) in [5.41, 5.74) is 1.44. The molecule has 242 valence electrons. The molecule has 3 heterocycles. The first kappa shape index (κ1) is 31.8. The second-order valence-corrected chi connectivity index (χ2v) is 13.8. The summed E-state index contributed by atoms with van der Waals surface area (Å²) in [5.74, 6) is -2.55. The summed E-state index contributed by atoms with van der Waals surface area (Å²) in [5, 5.41) is 11.5. The van der Waals surface area contributed by atoms with Crippen LogP contribution in [0.5, 0.6) is 0 Å². The maximum absolute atomic E-state index is 17.1. The van der Waals surface area contributed by atoms with Crippen molar-refractivity contribution >= 4 is 5.82 Å². The monoisotopic (exact) mass is 631 g/mol. The molecule has 1 N–H and O–H groups in total. The lowest BCUT2D eigenvalue weighted by Gasteiger charge is -2.41. The normalized spacial score (nSPS) is 23.0. The van der Waals surface area contributed by atoms with Crippen molar-refractivity contribution in [3.8, 4) is 0 Å². The summed E-state index contributed by atoms with van der Waals surface area (Å²) in [6, 6.07) is 9.75. The molecular formula is C35H39F6N3O. The Hall–Kier alpha value is -3.14. The van der Waals surface area contributed by atoms with E-state index in [4.69, 9.17) is 4.98 Å². The van der Waals surface area contributed by atoms with Crippen LogP contribution in [0.1, 0.15) is 122 Å². The van der Waals surface area contributed by atoms with Crippen molar-refractivity contribution in [3.05, 3.63) is 87.9 Å². The molecule has 4 nitrogen and oxygen atoms in total. The third kappa shape index (κ3) is 6.58. The zero-order valence-electron chi connectivity index (χ0n) is 25.6. The van der Waals surface area contributed by atoms with Gasteiger partial charge in [0.1, 0.15) is 5.82 Å². The fourth-order valence-corrected chi connectivity index (χ4v) is 7.64. The highest BCUT2D eigenvalue weighted by molar-refractivity contribution is 5.51. The van der Waals surface area contributed by atoms with Crippen LogP contribution in [0.15, 0.2) is 48.7 Å². The molecule has 1 aliphatic heterocycles. The Labute approximate surface area is 259 Å². The number of alkyl halides is 6. The fourth-order valence-electron chi connectivity index (χ4n) is 7.64. The number of anilines is 1. The van der Waals surface area contributed by atoms with Gasteiger partial charge < -0.3 is 10.0 Å². The van der Waals surface area contributed by atoms with Gasteiger partial charge in [0.15, 0.2) is 6.17 Å². The zero-order chi connectivity index (χ0) is 32.1. The Kier molecular flexibility index (Phi) is 8.42. The summed E-state index contributed by atoms with van der Waals surface area (Å²) in [6.45, 7) is 5.38.